The highest BCUT2D eigenvalue weighted by molar-refractivity contribution is 5.83. The van der Waals surface area contributed by atoms with Crippen LogP contribution in [-0.2, 0) is 9.53 Å². The molecule has 0 radical (unpaired) electrons. The van der Waals surface area contributed by atoms with Gasteiger partial charge in [0.05, 0.1) is 12.6 Å². The van der Waals surface area contributed by atoms with Gasteiger partial charge in [-0.15, -0.1) is 0 Å². The molecular weight excluding hydrogens is 365 g/mol. The Morgan fingerprint density at radius 3 is 2.82 bits per heavy atom. The molecule has 8 nitrogen and oxygen atoms in total. The number of anilines is 1. The summed E-state index contributed by atoms with van der Waals surface area (Å²) in [5.41, 5.74) is -0.723. The number of nitrogens with zero attached hydrogens (tertiary/aromatic N) is 4. The Bertz CT molecular complexity index is 717. The van der Waals surface area contributed by atoms with E-state index in [-0.39, 0.29) is 26.1 Å². The summed E-state index contributed by atoms with van der Waals surface area (Å²) in [7, 11) is 0. The number of carbonyl (C=O) groups is 2. The molecule has 0 aliphatic carbocycles. The third kappa shape index (κ3) is 6.37. The first-order valence-corrected chi connectivity index (χ1v) is 9.15. The lowest BCUT2D eigenvalue weighted by atomic mass is 10.2. The van der Waals surface area contributed by atoms with Crippen molar-refractivity contribution in [2.24, 2.45) is 0 Å². The maximum absolute atomic E-state index is 13.6. The molecule has 1 N–H and O–H groups in total. The number of ether oxygens (including phenoxy) is 1. The van der Waals surface area contributed by atoms with Crippen molar-refractivity contribution in [2.45, 2.75) is 45.0 Å². The second-order valence-electron chi connectivity index (χ2n) is 7.57. The first-order valence-electron chi connectivity index (χ1n) is 9.15. The van der Waals surface area contributed by atoms with Crippen LogP contribution >= 0.6 is 0 Å². The number of carbonyl (C=O) groups excluding carboxylic acids is 2. The van der Waals surface area contributed by atoms with E-state index in [0.29, 0.717) is 12.4 Å². The van der Waals surface area contributed by atoms with E-state index in [9.17, 15) is 14.0 Å². The van der Waals surface area contributed by atoms with Gasteiger partial charge in [0.1, 0.15) is 30.2 Å². The Morgan fingerprint density at radius 1 is 1.46 bits per heavy atom. The van der Waals surface area contributed by atoms with Crippen LogP contribution in [0.4, 0.5) is 15.0 Å². The van der Waals surface area contributed by atoms with E-state index in [0.717, 1.165) is 0 Å². The zero-order valence-corrected chi connectivity index (χ0v) is 16.4. The Labute approximate surface area is 164 Å². The molecule has 152 valence electrons. The Morgan fingerprint density at radius 2 is 2.21 bits per heavy atom. The summed E-state index contributed by atoms with van der Waals surface area (Å²) in [6.45, 7) is 5.30. The van der Waals surface area contributed by atoms with Crippen molar-refractivity contribution in [2.75, 3.05) is 31.5 Å². The van der Waals surface area contributed by atoms with Gasteiger partial charge in [0, 0.05) is 25.7 Å². The number of hydrogen-bond acceptors (Lipinski definition) is 6. The third-order valence-corrected chi connectivity index (χ3v) is 4.05. The van der Waals surface area contributed by atoms with E-state index in [1.54, 1.807) is 39.1 Å². The number of nitrogens with one attached hydrogen (secondary N) is 1. The fraction of sp³-hybridized carbons (Fsp3) is 0.579. The number of rotatable bonds is 6. The number of nitriles is 1. The van der Waals surface area contributed by atoms with Crippen molar-refractivity contribution in [1.82, 2.24) is 14.8 Å². The summed E-state index contributed by atoms with van der Waals surface area (Å²) in [4.78, 5) is 31.7. The normalized spacial score (nSPS) is 19.0. The van der Waals surface area contributed by atoms with E-state index in [2.05, 4.69) is 10.3 Å². The van der Waals surface area contributed by atoms with Crippen molar-refractivity contribution in [1.29, 1.82) is 5.26 Å². The van der Waals surface area contributed by atoms with Gasteiger partial charge in [-0.1, -0.05) is 6.07 Å². The summed E-state index contributed by atoms with van der Waals surface area (Å²) in [6, 6.07) is 6.53. The predicted molar refractivity (Wildman–Crippen MR) is 101 cm³/mol. The van der Waals surface area contributed by atoms with E-state index >= 15 is 0 Å². The molecule has 2 atom stereocenters. The fourth-order valence-corrected chi connectivity index (χ4v) is 2.78. The molecule has 0 bridgehead atoms. The lowest BCUT2D eigenvalue weighted by molar-refractivity contribution is -0.132. The monoisotopic (exact) mass is 391 g/mol. The van der Waals surface area contributed by atoms with Crippen LogP contribution in [0.5, 0.6) is 0 Å². The minimum absolute atomic E-state index is 0.00406. The second-order valence-corrected chi connectivity index (χ2v) is 7.57. The quantitative estimate of drug-likeness (QED) is 0.798. The first-order chi connectivity index (χ1) is 13.2. The molecule has 0 unspecified atom stereocenters. The molecule has 1 aliphatic rings. The maximum Gasteiger partial charge on any atom is 0.410 e. The standard InChI is InChI=1S/C19H26FN5O3/c1-19(2,3)28-18(27)24(9-8-23-16-6-4-5-7-22-16)13-17(26)25-12-14(20)10-15(25)11-21/h4-7,14-15H,8-10,12-13H2,1-3H3,(H,22,23)/t14-,15-/m0/s1. The molecule has 0 spiro atoms. The lowest BCUT2D eigenvalue weighted by Gasteiger charge is -2.29. The van der Waals surface area contributed by atoms with Crippen LogP contribution in [0, 0.1) is 11.3 Å². The van der Waals surface area contributed by atoms with Gasteiger partial charge in [0.2, 0.25) is 5.91 Å². The van der Waals surface area contributed by atoms with E-state index in [1.807, 2.05) is 12.1 Å². The highest BCUT2D eigenvalue weighted by Crippen LogP contribution is 2.20. The molecule has 9 heteroatoms. The van der Waals surface area contributed by atoms with E-state index in [4.69, 9.17) is 10.00 Å². The molecule has 1 fully saturated rings. The molecule has 2 amide bonds. The Kier molecular flexibility index (Phi) is 7.15. The first kappa shape index (κ1) is 21.4. The second kappa shape index (κ2) is 9.35. The van der Waals surface area contributed by atoms with Gasteiger partial charge in [-0.2, -0.15) is 5.26 Å². The highest BCUT2D eigenvalue weighted by atomic mass is 19.1. The third-order valence-electron chi connectivity index (χ3n) is 4.05. The summed E-state index contributed by atoms with van der Waals surface area (Å²) in [6.07, 6.45) is -0.238. The van der Waals surface area contributed by atoms with Gasteiger partial charge < -0.3 is 15.0 Å². The van der Waals surface area contributed by atoms with Gasteiger partial charge in [0.15, 0.2) is 0 Å². The number of aromatic nitrogens is 1. The molecule has 28 heavy (non-hydrogen) atoms. The van der Waals surface area contributed by atoms with Crippen LogP contribution < -0.4 is 5.32 Å². The van der Waals surface area contributed by atoms with Crippen LogP contribution in [-0.4, -0.2) is 70.8 Å². The number of halogens is 1. The zero-order valence-electron chi connectivity index (χ0n) is 16.4. The van der Waals surface area contributed by atoms with Crippen LogP contribution in [0.2, 0.25) is 0 Å². The number of pyridine rings is 1. The minimum Gasteiger partial charge on any atom is -0.444 e. The topological polar surface area (TPSA) is 98.6 Å². The van der Waals surface area contributed by atoms with Gasteiger partial charge in [0.25, 0.3) is 0 Å². The molecule has 0 aromatic carbocycles. The smallest absolute Gasteiger partial charge is 0.410 e. The molecule has 1 saturated heterocycles. The maximum atomic E-state index is 13.6. The summed E-state index contributed by atoms with van der Waals surface area (Å²) < 4.78 is 19.0. The Balaban J connectivity index is 2.01. The van der Waals surface area contributed by atoms with Gasteiger partial charge in [-0.25, -0.2) is 14.2 Å². The van der Waals surface area contributed by atoms with Crippen molar-refractivity contribution in [3.8, 4) is 6.07 Å². The van der Waals surface area contributed by atoms with Crippen molar-refractivity contribution in [3.63, 3.8) is 0 Å². The average molecular weight is 391 g/mol. The summed E-state index contributed by atoms with van der Waals surface area (Å²) >= 11 is 0. The Hall–Kier alpha value is -2.89. The van der Waals surface area contributed by atoms with Crippen molar-refractivity contribution in [3.05, 3.63) is 24.4 Å². The number of hydrogen-bond donors (Lipinski definition) is 1. The van der Waals surface area contributed by atoms with Gasteiger partial charge in [-0.05, 0) is 32.9 Å². The summed E-state index contributed by atoms with van der Waals surface area (Å²) in [5, 5.41) is 12.2. The zero-order chi connectivity index (χ0) is 20.7. The molecule has 1 aromatic rings. The average Bonchev–Trinajstić information content (AvgIpc) is 3.01. The molecule has 1 aromatic heterocycles. The molecule has 0 saturated carbocycles. The van der Waals surface area contributed by atoms with E-state index < -0.39 is 29.8 Å². The highest BCUT2D eigenvalue weighted by Gasteiger charge is 2.36. The van der Waals surface area contributed by atoms with Crippen LogP contribution in [0.15, 0.2) is 24.4 Å². The minimum atomic E-state index is -1.23. The number of alkyl halides is 1. The van der Waals surface area contributed by atoms with Crippen LogP contribution in [0.1, 0.15) is 27.2 Å². The molecular formula is C19H26FN5O3. The van der Waals surface area contributed by atoms with Crippen molar-refractivity contribution < 1.29 is 18.7 Å². The largest absolute Gasteiger partial charge is 0.444 e. The van der Waals surface area contributed by atoms with Crippen LogP contribution in [0.25, 0.3) is 0 Å². The lowest BCUT2D eigenvalue weighted by Crippen LogP contribution is -2.47. The van der Waals surface area contributed by atoms with Crippen molar-refractivity contribution >= 4 is 17.8 Å². The molecule has 2 rings (SSSR count). The van der Waals surface area contributed by atoms with Gasteiger partial charge in [-0.3, -0.25) is 9.69 Å². The van der Waals surface area contributed by atoms with Gasteiger partial charge >= 0.3 is 6.09 Å². The predicted octanol–water partition coefficient (Wildman–Crippen LogP) is 2.19. The SMILES string of the molecule is CC(C)(C)OC(=O)N(CCNc1ccccn1)CC(=O)N1C[C@@H](F)C[C@H]1C#N. The molecule has 1 aliphatic heterocycles. The number of likely N-dealkylation sites (tertiary alicyclic amines) is 1. The molecule has 2 heterocycles. The number of amides is 2. The van der Waals surface area contributed by atoms with E-state index in [1.165, 1.54) is 9.80 Å². The van der Waals surface area contributed by atoms with Crippen LogP contribution in [0.3, 0.4) is 0 Å². The summed E-state index contributed by atoms with van der Waals surface area (Å²) in [5.74, 6) is 0.165. The fourth-order valence-electron chi connectivity index (χ4n) is 2.78.